The van der Waals surface area contributed by atoms with E-state index in [2.05, 4.69) is 28.2 Å². The Morgan fingerprint density at radius 3 is 2.53 bits per heavy atom. The molecular weight excluding hydrogens is 248 g/mol. The van der Waals surface area contributed by atoms with Gasteiger partial charge in [0.25, 0.3) is 0 Å². The molecule has 0 unspecified atom stereocenters. The Balaban J connectivity index is 4.39. The second-order valence-corrected chi connectivity index (χ2v) is 3.71. The van der Waals surface area contributed by atoms with E-state index < -0.39 is 18.0 Å². The van der Waals surface area contributed by atoms with Gasteiger partial charge in [-0.1, -0.05) is 19.8 Å². The van der Waals surface area contributed by atoms with Crippen molar-refractivity contribution in [3.63, 3.8) is 0 Å². The summed E-state index contributed by atoms with van der Waals surface area (Å²) in [6.45, 7) is 2.09. The van der Waals surface area contributed by atoms with Gasteiger partial charge in [-0.15, -0.1) is 0 Å². The zero-order chi connectivity index (χ0) is 14.5. The van der Waals surface area contributed by atoms with Gasteiger partial charge in [-0.05, 0) is 18.8 Å². The molecule has 0 heterocycles. The monoisotopic (exact) mass is 268 g/mol. The lowest BCUT2D eigenvalue weighted by Crippen LogP contribution is -2.08. The smallest absolute Gasteiger partial charge is 0.384 e. The van der Waals surface area contributed by atoms with E-state index in [-0.39, 0.29) is 0 Å². The second-order valence-electron chi connectivity index (χ2n) is 3.71. The number of unbranched alkanes of at least 4 members (excludes halogenated alkanes) is 2. The number of hydrogen-bond acceptors (Lipinski definition) is 5. The molecule has 0 aliphatic heterocycles. The van der Waals surface area contributed by atoms with Gasteiger partial charge < -0.3 is 14.2 Å². The first-order valence-corrected chi connectivity index (χ1v) is 6.13. The molecular formula is C14H20O5. The lowest BCUT2D eigenvalue weighted by Gasteiger charge is -2.09. The number of rotatable bonds is 7. The van der Waals surface area contributed by atoms with Crippen LogP contribution in [0.3, 0.4) is 0 Å². The van der Waals surface area contributed by atoms with Crippen molar-refractivity contribution in [1.29, 1.82) is 0 Å². The number of esters is 2. The quantitative estimate of drug-likeness (QED) is 0.176. The fourth-order valence-corrected chi connectivity index (χ4v) is 1.20. The summed E-state index contributed by atoms with van der Waals surface area (Å²) in [6.07, 6.45) is 5.70. The molecule has 0 fully saturated rings. The first-order chi connectivity index (χ1) is 9.13. The molecule has 0 saturated heterocycles. The lowest BCUT2D eigenvalue weighted by atomic mass is 10.1. The van der Waals surface area contributed by atoms with Gasteiger partial charge in [0.15, 0.2) is 6.10 Å². The summed E-state index contributed by atoms with van der Waals surface area (Å²) in [5, 5.41) is 0. The Kier molecular flexibility index (Phi) is 10.00. The minimum absolute atomic E-state index is 0.438. The third-order valence-electron chi connectivity index (χ3n) is 2.24. The van der Waals surface area contributed by atoms with E-state index in [0.717, 1.165) is 25.3 Å². The highest BCUT2D eigenvalue weighted by atomic mass is 16.5. The summed E-state index contributed by atoms with van der Waals surface area (Å²) in [7, 11) is 2.55. The number of carbonyl (C=O) groups is 2. The second kappa shape index (κ2) is 11.1. The molecule has 0 radical (unpaired) electrons. The van der Waals surface area contributed by atoms with E-state index in [0.29, 0.717) is 6.42 Å². The number of carbonyl (C=O) groups excluding carboxylic acids is 2. The molecule has 0 aromatic rings. The zero-order valence-electron chi connectivity index (χ0n) is 11.6. The molecule has 19 heavy (non-hydrogen) atoms. The van der Waals surface area contributed by atoms with Crippen molar-refractivity contribution in [1.82, 2.24) is 0 Å². The highest BCUT2D eigenvalue weighted by Gasteiger charge is 2.05. The molecule has 0 aliphatic rings. The molecule has 106 valence electrons. The van der Waals surface area contributed by atoms with Gasteiger partial charge in [-0.3, -0.25) is 0 Å². The predicted molar refractivity (Wildman–Crippen MR) is 70.0 cm³/mol. The molecule has 0 spiro atoms. The van der Waals surface area contributed by atoms with E-state index in [1.54, 1.807) is 0 Å². The van der Waals surface area contributed by atoms with Crippen LogP contribution in [0, 0.1) is 11.8 Å². The minimum atomic E-state index is -0.610. The molecule has 0 saturated carbocycles. The first-order valence-electron chi connectivity index (χ1n) is 6.13. The largest absolute Gasteiger partial charge is 0.485 e. The fourth-order valence-electron chi connectivity index (χ4n) is 1.20. The van der Waals surface area contributed by atoms with Crippen LogP contribution in [0.25, 0.3) is 0 Å². The van der Waals surface area contributed by atoms with Crippen LogP contribution in [0.4, 0.5) is 0 Å². The van der Waals surface area contributed by atoms with Crippen LogP contribution in [0.2, 0.25) is 0 Å². The average Bonchev–Trinajstić information content (AvgIpc) is 2.43. The minimum Gasteiger partial charge on any atom is -0.485 e. The molecule has 0 bridgehead atoms. The predicted octanol–water partition coefficient (Wildman–Crippen LogP) is 1.81. The molecule has 0 N–H and O–H groups in total. The van der Waals surface area contributed by atoms with E-state index in [1.165, 1.54) is 20.5 Å². The van der Waals surface area contributed by atoms with E-state index in [9.17, 15) is 9.59 Å². The SMILES string of the molecule is CCCCC[C@@H](C#CC(=O)OC)O/C=C/C(=O)OC. The standard InChI is InChI=1S/C14H20O5/c1-4-5-6-7-12(8-9-13(15)17-2)19-11-10-14(16)18-3/h10-12H,4-7H2,1-3H3/b11-10+/t12-/m0/s1. The Morgan fingerprint density at radius 2 is 1.95 bits per heavy atom. The number of hydrogen-bond donors (Lipinski definition) is 0. The van der Waals surface area contributed by atoms with Gasteiger partial charge in [0, 0.05) is 5.92 Å². The Hall–Kier alpha value is -1.96. The highest BCUT2D eigenvalue weighted by Crippen LogP contribution is 2.06. The molecule has 0 rings (SSSR count). The zero-order valence-corrected chi connectivity index (χ0v) is 11.6. The lowest BCUT2D eigenvalue weighted by molar-refractivity contribution is -0.135. The van der Waals surface area contributed by atoms with Gasteiger partial charge in [0.05, 0.1) is 26.6 Å². The Morgan fingerprint density at radius 1 is 1.21 bits per heavy atom. The summed E-state index contributed by atoms with van der Waals surface area (Å²) < 4.78 is 14.1. The van der Waals surface area contributed by atoms with Crippen molar-refractivity contribution in [2.24, 2.45) is 0 Å². The highest BCUT2D eigenvalue weighted by molar-refractivity contribution is 5.88. The molecule has 0 aromatic carbocycles. The van der Waals surface area contributed by atoms with Crippen molar-refractivity contribution >= 4 is 11.9 Å². The molecule has 0 aliphatic carbocycles. The van der Waals surface area contributed by atoms with E-state index >= 15 is 0 Å². The summed E-state index contributed by atoms with van der Waals surface area (Å²) >= 11 is 0. The fraction of sp³-hybridized carbons (Fsp3) is 0.571. The number of methoxy groups -OCH3 is 2. The van der Waals surface area contributed by atoms with Crippen LogP contribution >= 0.6 is 0 Å². The number of ether oxygens (including phenoxy) is 3. The summed E-state index contributed by atoms with van der Waals surface area (Å²) in [4.78, 5) is 21.8. The first kappa shape index (κ1) is 17.0. The maximum atomic E-state index is 10.9. The Bertz CT molecular complexity index is 362. The van der Waals surface area contributed by atoms with Crippen LogP contribution in [0.15, 0.2) is 12.3 Å². The normalized spacial score (nSPS) is 11.3. The van der Waals surface area contributed by atoms with Gasteiger partial charge in [0.1, 0.15) is 0 Å². The maximum absolute atomic E-state index is 10.9. The van der Waals surface area contributed by atoms with Crippen molar-refractivity contribution in [2.45, 2.75) is 38.7 Å². The maximum Gasteiger partial charge on any atom is 0.384 e. The van der Waals surface area contributed by atoms with Crippen molar-refractivity contribution in [2.75, 3.05) is 14.2 Å². The average molecular weight is 268 g/mol. The van der Waals surface area contributed by atoms with Gasteiger partial charge in [0.2, 0.25) is 0 Å². The van der Waals surface area contributed by atoms with Crippen LogP contribution in [0.5, 0.6) is 0 Å². The third-order valence-corrected chi connectivity index (χ3v) is 2.24. The van der Waals surface area contributed by atoms with E-state index in [1.807, 2.05) is 0 Å². The van der Waals surface area contributed by atoms with Crippen LogP contribution in [-0.4, -0.2) is 32.3 Å². The summed E-state index contributed by atoms with van der Waals surface area (Å²) in [6, 6.07) is 0. The summed E-state index contributed by atoms with van der Waals surface area (Å²) in [5.41, 5.74) is 0. The molecule has 1 atom stereocenters. The van der Waals surface area contributed by atoms with Crippen molar-refractivity contribution in [3.8, 4) is 11.8 Å². The topological polar surface area (TPSA) is 61.8 Å². The van der Waals surface area contributed by atoms with Crippen molar-refractivity contribution in [3.05, 3.63) is 12.3 Å². The third kappa shape index (κ3) is 9.72. The van der Waals surface area contributed by atoms with Gasteiger partial charge in [-0.25, -0.2) is 9.59 Å². The van der Waals surface area contributed by atoms with Crippen LogP contribution in [0.1, 0.15) is 32.6 Å². The van der Waals surface area contributed by atoms with Gasteiger partial charge in [-0.2, -0.15) is 0 Å². The van der Waals surface area contributed by atoms with Crippen LogP contribution in [-0.2, 0) is 23.8 Å². The van der Waals surface area contributed by atoms with Crippen LogP contribution < -0.4 is 0 Å². The molecule has 5 heteroatoms. The van der Waals surface area contributed by atoms with Gasteiger partial charge >= 0.3 is 11.9 Å². The Labute approximate surface area is 113 Å². The molecule has 5 nitrogen and oxygen atoms in total. The van der Waals surface area contributed by atoms with E-state index in [4.69, 9.17) is 4.74 Å². The van der Waals surface area contributed by atoms with Crippen molar-refractivity contribution < 1.29 is 23.8 Å². The summed E-state index contributed by atoms with van der Waals surface area (Å²) in [5.74, 6) is 3.88. The molecule has 0 aromatic heterocycles. The molecule has 0 amide bonds.